The number of benzene rings is 1. The van der Waals surface area contributed by atoms with Crippen LogP contribution in [0.5, 0.6) is 0 Å². The average molecular weight is 242 g/mol. The van der Waals surface area contributed by atoms with E-state index in [4.69, 9.17) is 11.5 Å². The van der Waals surface area contributed by atoms with Gasteiger partial charge in [-0.25, -0.2) is 0 Å². The first-order chi connectivity index (χ1) is 8.74. The van der Waals surface area contributed by atoms with Crippen LogP contribution in [0.1, 0.15) is 17.4 Å². The van der Waals surface area contributed by atoms with Crippen molar-refractivity contribution < 1.29 is 0 Å². The van der Waals surface area contributed by atoms with Gasteiger partial charge in [-0.1, -0.05) is 18.2 Å². The van der Waals surface area contributed by atoms with Crippen molar-refractivity contribution in [2.45, 2.75) is 12.5 Å². The SMILES string of the molecule is Nc1n[nH]c([C@@H](N)Cc2c[nH]c3ccccc23)n1. The highest BCUT2D eigenvalue weighted by molar-refractivity contribution is 5.83. The third kappa shape index (κ3) is 1.82. The lowest BCUT2D eigenvalue weighted by atomic mass is 10.1. The summed E-state index contributed by atoms with van der Waals surface area (Å²) < 4.78 is 0. The Morgan fingerprint density at radius 3 is 2.89 bits per heavy atom. The molecule has 1 atom stereocenters. The average Bonchev–Trinajstić information content (AvgIpc) is 2.97. The van der Waals surface area contributed by atoms with Crippen molar-refractivity contribution in [3.8, 4) is 0 Å². The number of rotatable bonds is 3. The summed E-state index contributed by atoms with van der Waals surface area (Å²) in [6.45, 7) is 0. The highest BCUT2D eigenvalue weighted by Gasteiger charge is 2.13. The number of nitrogens with one attached hydrogen (secondary N) is 2. The van der Waals surface area contributed by atoms with Crippen molar-refractivity contribution >= 4 is 16.9 Å². The smallest absolute Gasteiger partial charge is 0.239 e. The van der Waals surface area contributed by atoms with Crippen LogP contribution in [-0.2, 0) is 6.42 Å². The van der Waals surface area contributed by atoms with Crippen molar-refractivity contribution in [2.24, 2.45) is 5.73 Å². The molecule has 1 aromatic carbocycles. The quantitative estimate of drug-likeness (QED) is 0.551. The van der Waals surface area contributed by atoms with Crippen LogP contribution in [0.3, 0.4) is 0 Å². The Labute approximate surface area is 103 Å². The number of aromatic amines is 2. The Bertz CT molecular complexity index is 668. The maximum absolute atomic E-state index is 6.09. The van der Waals surface area contributed by atoms with E-state index in [2.05, 4.69) is 26.2 Å². The van der Waals surface area contributed by atoms with Gasteiger partial charge in [0.2, 0.25) is 5.95 Å². The molecule has 6 N–H and O–H groups in total. The minimum atomic E-state index is -0.242. The molecule has 0 radical (unpaired) electrons. The van der Waals surface area contributed by atoms with Crippen LogP contribution >= 0.6 is 0 Å². The second kappa shape index (κ2) is 4.15. The van der Waals surface area contributed by atoms with Gasteiger partial charge in [0.05, 0.1) is 6.04 Å². The Morgan fingerprint density at radius 2 is 2.11 bits per heavy atom. The fraction of sp³-hybridized carbons (Fsp3) is 0.167. The number of nitrogen functional groups attached to an aromatic ring is 1. The number of aromatic nitrogens is 4. The van der Waals surface area contributed by atoms with Gasteiger partial charge in [-0.2, -0.15) is 4.98 Å². The van der Waals surface area contributed by atoms with Gasteiger partial charge in [-0.15, -0.1) is 5.10 Å². The standard InChI is InChI=1S/C12H14N6/c13-9(11-16-12(14)18-17-11)5-7-6-15-10-4-2-1-3-8(7)10/h1-4,6,9,15H,5,13H2,(H3,14,16,17,18)/t9-/m0/s1. The minimum Gasteiger partial charge on any atom is -0.367 e. The Kier molecular flexibility index (Phi) is 2.49. The van der Waals surface area contributed by atoms with E-state index in [1.807, 2.05) is 24.4 Å². The largest absolute Gasteiger partial charge is 0.367 e. The summed E-state index contributed by atoms with van der Waals surface area (Å²) in [5, 5.41) is 7.71. The molecule has 0 amide bonds. The molecule has 2 heterocycles. The molecule has 0 spiro atoms. The summed E-state index contributed by atoms with van der Waals surface area (Å²) in [5.41, 5.74) is 13.8. The van der Waals surface area contributed by atoms with Gasteiger partial charge in [0, 0.05) is 17.1 Å². The summed E-state index contributed by atoms with van der Waals surface area (Å²) in [4.78, 5) is 7.27. The minimum absolute atomic E-state index is 0.222. The summed E-state index contributed by atoms with van der Waals surface area (Å²) >= 11 is 0. The van der Waals surface area contributed by atoms with Gasteiger partial charge < -0.3 is 16.5 Å². The zero-order chi connectivity index (χ0) is 12.5. The predicted molar refractivity (Wildman–Crippen MR) is 69.7 cm³/mol. The van der Waals surface area contributed by atoms with Gasteiger partial charge in [0.15, 0.2) is 0 Å². The van der Waals surface area contributed by atoms with Crippen molar-refractivity contribution in [3.05, 3.63) is 41.9 Å². The summed E-state index contributed by atoms with van der Waals surface area (Å²) in [6, 6.07) is 7.88. The number of fused-ring (bicyclic) bond motifs is 1. The number of hydrogen-bond acceptors (Lipinski definition) is 4. The molecule has 6 heteroatoms. The second-order valence-electron chi connectivity index (χ2n) is 4.25. The third-order valence-corrected chi connectivity index (χ3v) is 2.99. The monoisotopic (exact) mass is 242 g/mol. The number of nitrogens with two attached hydrogens (primary N) is 2. The maximum Gasteiger partial charge on any atom is 0.239 e. The van der Waals surface area contributed by atoms with Gasteiger partial charge in [0.1, 0.15) is 5.82 Å². The van der Waals surface area contributed by atoms with Gasteiger partial charge >= 0.3 is 0 Å². The zero-order valence-electron chi connectivity index (χ0n) is 9.72. The molecule has 0 saturated carbocycles. The van der Waals surface area contributed by atoms with Crippen LogP contribution in [0.2, 0.25) is 0 Å². The summed E-state index contributed by atoms with van der Waals surface area (Å²) in [7, 11) is 0. The highest BCUT2D eigenvalue weighted by atomic mass is 15.3. The van der Waals surface area contributed by atoms with Gasteiger partial charge in [0.25, 0.3) is 0 Å². The first-order valence-corrected chi connectivity index (χ1v) is 5.72. The van der Waals surface area contributed by atoms with Crippen molar-refractivity contribution in [2.75, 3.05) is 5.73 Å². The normalized spacial score (nSPS) is 12.9. The molecule has 3 rings (SSSR count). The maximum atomic E-state index is 6.09. The Balaban J connectivity index is 1.88. The van der Waals surface area contributed by atoms with E-state index in [1.54, 1.807) is 0 Å². The van der Waals surface area contributed by atoms with Crippen molar-refractivity contribution in [1.29, 1.82) is 0 Å². The van der Waals surface area contributed by atoms with Crippen LogP contribution in [0.25, 0.3) is 10.9 Å². The fourth-order valence-electron chi connectivity index (χ4n) is 2.09. The van der Waals surface area contributed by atoms with Gasteiger partial charge in [-0.3, -0.25) is 5.10 Å². The molecule has 0 saturated heterocycles. The van der Waals surface area contributed by atoms with Crippen molar-refractivity contribution in [3.63, 3.8) is 0 Å². The van der Waals surface area contributed by atoms with E-state index in [-0.39, 0.29) is 12.0 Å². The third-order valence-electron chi connectivity index (χ3n) is 2.99. The van der Waals surface area contributed by atoms with Crippen molar-refractivity contribution in [1.82, 2.24) is 20.2 Å². The van der Waals surface area contributed by atoms with Crippen LogP contribution in [-0.4, -0.2) is 20.2 Å². The lowest BCUT2D eigenvalue weighted by Crippen LogP contribution is -2.15. The number of anilines is 1. The van der Waals surface area contributed by atoms with E-state index in [0.29, 0.717) is 12.2 Å². The molecular formula is C12H14N6. The number of para-hydroxylation sites is 1. The van der Waals surface area contributed by atoms with E-state index in [9.17, 15) is 0 Å². The van der Waals surface area contributed by atoms with Gasteiger partial charge in [-0.05, 0) is 18.1 Å². The molecule has 0 unspecified atom stereocenters. The van der Waals surface area contributed by atoms with E-state index in [0.717, 1.165) is 11.1 Å². The topological polar surface area (TPSA) is 109 Å². The number of nitrogens with zero attached hydrogens (tertiary/aromatic N) is 2. The van der Waals surface area contributed by atoms with E-state index >= 15 is 0 Å². The Hall–Kier alpha value is -2.34. The van der Waals surface area contributed by atoms with Crippen LogP contribution in [0.15, 0.2) is 30.5 Å². The molecule has 0 aliphatic carbocycles. The molecule has 0 aliphatic rings. The lowest BCUT2D eigenvalue weighted by molar-refractivity contribution is 0.673. The second-order valence-corrected chi connectivity index (χ2v) is 4.25. The number of hydrogen-bond donors (Lipinski definition) is 4. The fourth-order valence-corrected chi connectivity index (χ4v) is 2.09. The number of H-pyrrole nitrogens is 2. The zero-order valence-corrected chi connectivity index (χ0v) is 9.72. The van der Waals surface area contributed by atoms with E-state index in [1.165, 1.54) is 5.39 Å². The molecule has 92 valence electrons. The molecule has 2 aromatic heterocycles. The molecule has 0 bridgehead atoms. The van der Waals surface area contributed by atoms with Crippen LogP contribution in [0.4, 0.5) is 5.95 Å². The molecule has 3 aromatic rings. The first kappa shape index (κ1) is 10.8. The molecule has 0 fully saturated rings. The molecule has 18 heavy (non-hydrogen) atoms. The highest BCUT2D eigenvalue weighted by Crippen LogP contribution is 2.21. The summed E-state index contributed by atoms with van der Waals surface area (Å²) in [5.74, 6) is 0.831. The first-order valence-electron chi connectivity index (χ1n) is 5.72. The molecule has 6 nitrogen and oxygen atoms in total. The van der Waals surface area contributed by atoms with E-state index < -0.39 is 0 Å². The molecular weight excluding hydrogens is 228 g/mol. The van der Waals surface area contributed by atoms with Crippen LogP contribution in [0, 0.1) is 0 Å². The molecule has 0 aliphatic heterocycles. The summed E-state index contributed by atoms with van der Waals surface area (Å²) in [6.07, 6.45) is 2.66. The Morgan fingerprint density at radius 1 is 1.28 bits per heavy atom. The van der Waals surface area contributed by atoms with Crippen LogP contribution < -0.4 is 11.5 Å². The lowest BCUT2D eigenvalue weighted by Gasteiger charge is -2.06. The predicted octanol–water partition coefficient (Wildman–Crippen LogP) is 1.11.